The number of hydrogen-bond acceptors (Lipinski definition) is 3. The van der Waals surface area contributed by atoms with Gasteiger partial charge >= 0.3 is 0 Å². The van der Waals surface area contributed by atoms with Crippen molar-refractivity contribution in [2.45, 2.75) is 20.8 Å². The highest BCUT2D eigenvalue weighted by atomic mass is 19.1. The van der Waals surface area contributed by atoms with E-state index >= 15 is 0 Å². The third-order valence-electron chi connectivity index (χ3n) is 6.18. The standard InChI is InChI=1S/C27H20FN3O/c1-15-16(2)29-17(3)25-24(15)30-27(31(25)18-9-5-4-6-10-18)20-13-14-21(28)23-19-11-7-8-12-22(19)32-26(20)23/h4-14H,1-3H3. The molecule has 5 heteroatoms. The molecule has 32 heavy (non-hydrogen) atoms. The molecule has 0 saturated carbocycles. The third kappa shape index (κ3) is 2.54. The van der Waals surface area contributed by atoms with Crippen LogP contribution in [-0.4, -0.2) is 14.5 Å². The Labute approximate surface area is 184 Å². The lowest BCUT2D eigenvalue weighted by atomic mass is 10.1. The van der Waals surface area contributed by atoms with Crippen LogP contribution in [0.25, 0.3) is 50.0 Å². The molecule has 0 amide bonds. The summed E-state index contributed by atoms with van der Waals surface area (Å²) in [6.07, 6.45) is 0. The fourth-order valence-electron chi connectivity index (χ4n) is 4.55. The molecule has 0 atom stereocenters. The first-order chi connectivity index (χ1) is 15.5. The predicted octanol–water partition coefficient (Wildman–Crippen LogP) is 7.05. The average molecular weight is 421 g/mol. The number of furan rings is 1. The van der Waals surface area contributed by atoms with E-state index in [0.717, 1.165) is 44.6 Å². The van der Waals surface area contributed by atoms with Crippen LogP contribution in [0.3, 0.4) is 0 Å². The van der Waals surface area contributed by atoms with E-state index in [1.165, 1.54) is 6.07 Å². The summed E-state index contributed by atoms with van der Waals surface area (Å²) in [7, 11) is 0. The molecule has 0 aliphatic carbocycles. The summed E-state index contributed by atoms with van der Waals surface area (Å²) in [5.41, 5.74) is 7.58. The monoisotopic (exact) mass is 421 g/mol. The summed E-state index contributed by atoms with van der Waals surface area (Å²) >= 11 is 0. The van der Waals surface area contributed by atoms with E-state index in [2.05, 4.69) is 4.57 Å². The number of aryl methyl sites for hydroxylation is 3. The van der Waals surface area contributed by atoms with Crippen molar-refractivity contribution in [3.05, 3.63) is 89.5 Å². The average Bonchev–Trinajstić information content (AvgIpc) is 3.39. The first-order valence-corrected chi connectivity index (χ1v) is 10.6. The molecule has 0 aliphatic rings. The minimum Gasteiger partial charge on any atom is -0.455 e. The molecule has 0 fully saturated rings. The van der Waals surface area contributed by atoms with Gasteiger partial charge in [0.05, 0.1) is 27.7 Å². The van der Waals surface area contributed by atoms with Crippen molar-refractivity contribution < 1.29 is 8.81 Å². The number of rotatable bonds is 2. The number of hydrogen-bond donors (Lipinski definition) is 0. The van der Waals surface area contributed by atoms with E-state index in [4.69, 9.17) is 14.4 Å². The first kappa shape index (κ1) is 18.8. The normalized spacial score (nSPS) is 11.8. The van der Waals surface area contributed by atoms with Crippen LogP contribution in [0.4, 0.5) is 4.39 Å². The Kier molecular flexibility index (Phi) is 3.96. The molecule has 0 radical (unpaired) electrons. The molecule has 0 bridgehead atoms. The fourth-order valence-corrected chi connectivity index (χ4v) is 4.55. The Morgan fingerprint density at radius 3 is 2.38 bits per heavy atom. The molecular weight excluding hydrogens is 401 g/mol. The van der Waals surface area contributed by atoms with Gasteiger partial charge in [-0.15, -0.1) is 0 Å². The van der Waals surface area contributed by atoms with E-state index in [-0.39, 0.29) is 5.82 Å². The van der Waals surface area contributed by atoms with Crippen LogP contribution < -0.4 is 0 Å². The maximum Gasteiger partial charge on any atom is 0.149 e. The van der Waals surface area contributed by atoms with Crippen molar-refractivity contribution in [2.75, 3.05) is 0 Å². The Morgan fingerprint density at radius 2 is 1.56 bits per heavy atom. The van der Waals surface area contributed by atoms with E-state index in [9.17, 15) is 4.39 Å². The van der Waals surface area contributed by atoms with Crippen LogP contribution in [0, 0.1) is 26.6 Å². The van der Waals surface area contributed by atoms with E-state index in [1.54, 1.807) is 6.07 Å². The summed E-state index contributed by atoms with van der Waals surface area (Å²) in [5.74, 6) is 0.398. The number of para-hydroxylation sites is 2. The second kappa shape index (κ2) is 6.76. The van der Waals surface area contributed by atoms with Crippen molar-refractivity contribution in [2.24, 2.45) is 0 Å². The van der Waals surface area contributed by atoms with Crippen LogP contribution in [0.5, 0.6) is 0 Å². The van der Waals surface area contributed by atoms with Gasteiger partial charge in [-0.2, -0.15) is 0 Å². The minimum atomic E-state index is -0.305. The van der Waals surface area contributed by atoms with Crippen LogP contribution in [0.1, 0.15) is 17.0 Å². The molecule has 0 aliphatic heterocycles. The Balaban J connectivity index is 1.80. The Hall–Kier alpha value is -3.99. The number of aromatic nitrogens is 3. The largest absolute Gasteiger partial charge is 0.455 e. The zero-order valence-electron chi connectivity index (χ0n) is 18.0. The molecule has 4 nitrogen and oxygen atoms in total. The van der Waals surface area contributed by atoms with Gasteiger partial charge in [-0.1, -0.05) is 36.4 Å². The van der Waals surface area contributed by atoms with Crippen molar-refractivity contribution in [3.8, 4) is 17.1 Å². The van der Waals surface area contributed by atoms with Gasteiger partial charge in [-0.3, -0.25) is 9.55 Å². The molecule has 6 aromatic rings. The van der Waals surface area contributed by atoms with Crippen molar-refractivity contribution >= 4 is 33.0 Å². The Morgan fingerprint density at radius 1 is 0.812 bits per heavy atom. The zero-order chi connectivity index (χ0) is 22.0. The van der Waals surface area contributed by atoms with Crippen molar-refractivity contribution in [3.63, 3.8) is 0 Å². The van der Waals surface area contributed by atoms with Crippen LogP contribution >= 0.6 is 0 Å². The Bertz CT molecular complexity index is 1660. The fraction of sp³-hybridized carbons (Fsp3) is 0.111. The van der Waals surface area contributed by atoms with Crippen LogP contribution in [0.2, 0.25) is 0 Å². The molecular formula is C27H20FN3O. The van der Waals surface area contributed by atoms with Gasteiger partial charge < -0.3 is 4.42 Å². The van der Waals surface area contributed by atoms with E-state index in [0.29, 0.717) is 22.4 Å². The molecule has 3 aromatic heterocycles. The lowest BCUT2D eigenvalue weighted by Gasteiger charge is -2.11. The first-order valence-electron chi connectivity index (χ1n) is 10.6. The number of benzene rings is 3. The molecule has 0 spiro atoms. The summed E-state index contributed by atoms with van der Waals surface area (Å²) in [4.78, 5) is 9.83. The maximum atomic E-state index is 15.0. The summed E-state index contributed by atoms with van der Waals surface area (Å²) in [6.45, 7) is 6.04. The van der Waals surface area contributed by atoms with Gasteiger partial charge in [-0.25, -0.2) is 9.37 Å². The van der Waals surface area contributed by atoms with Gasteiger partial charge in [0, 0.05) is 16.8 Å². The summed E-state index contributed by atoms with van der Waals surface area (Å²) in [5, 5.41) is 1.24. The molecule has 156 valence electrons. The van der Waals surface area contributed by atoms with Crippen molar-refractivity contribution in [1.82, 2.24) is 14.5 Å². The number of pyridine rings is 1. The number of fused-ring (bicyclic) bond motifs is 4. The van der Waals surface area contributed by atoms with Gasteiger partial charge in [0.25, 0.3) is 0 Å². The predicted molar refractivity (Wildman–Crippen MR) is 126 cm³/mol. The maximum absolute atomic E-state index is 15.0. The van der Waals surface area contributed by atoms with Gasteiger partial charge in [0.2, 0.25) is 0 Å². The lowest BCUT2D eigenvalue weighted by Crippen LogP contribution is -2.01. The smallest absolute Gasteiger partial charge is 0.149 e. The molecule has 3 heterocycles. The number of halogens is 1. The van der Waals surface area contributed by atoms with E-state index in [1.807, 2.05) is 75.4 Å². The SMILES string of the molecule is Cc1nc(C)c2c(nc(-c3ccc(F)c4c3oc3ccccc34)n2-c2ccccc2)c1C. The minimum absolute atomic E-state index is 0.305. The van der Waals surface area contributed by atoms with Gasteiger partial charge in [-0.05, 0) is 56.7 Å². The highest BCUT2D eigenvalue weighted by Gasteiger charge is 2.23. The molecule has 0 saturated heterocycles. The van der Waals surface area contributed by atoms with Gasteiger partial charge in [0.15, 0.2) is 0 Å². The van der Waals surface area contributed by atoms with Crippen LogP contribution in [0.15, 0.2) is 71.1 Å². The molecule has 3 aromatic carbocycles. The third-order valence-corrected chi connectivity index (χ3v) is 6.18. The quantitative estimate of drug-likeness (QED) is 0.301. The lowest BCUT2D eigenvalue weighted by molar-refractivity contribution is 0.634. The molecule has 0 N–H and O–H groups in total. The topological polar surface area (TPSA) is 43.9 Å². The second-order valence-corrected chi connectivity index (χ2v) is 8.11. The highest BCUT2D eigenvalue weighted by molar-refractivity contribution is 6.10. The van der Waals surface area contributed by atoms with Crippen molar-refractivity contribution in [1.29, 1.82) is 0 Å². The van der Waals surface area contributed by atoms with E-state index < -0.39 is 0 Å². The number of nitrogens with zero attached hydrogens (tertiary/aromatic N) is 3. The highest BCUT2D eigenvalue weighted by Crippen LogP contribution is 2.39. The molecule has 6 rings (SSSR count). The summed E-state index contributed by atoms with van der Waals surface area (Å²) < 4.78 is 23.2. The number of imidazole rings is 1. The van der Waals surface area contributed by atoms with Crippen LogP contribution in [-0.2, 0) is 0 Å². The second-order valence-electron chi connectivity index (χ2n) is 8.11. The summed E-state index contributed by atoms with van der Waals surface area (Å²) in [6, 6.07) is 20.8. The zero-order valence-corrected chi connectivity index (χ0v) is 18.0. The molecule has 0 unspecified atom stereocenters. The van der Waals surface area contributed by atoms with Gasteiger partial charge in [0.1, 0.15) is 22.8 Å².